The fourth-order valence-electron chi connectivity index (χ4n) is 2.29. The van der Waals surface area contributed by atoms with Gasteiger partial charge in [0.05, 0.1) is 0 Å². The number of ether oxygens (including phenoxy) is 1. The molecule has 0 radical (unpaired) electrons. The van der Waals surface area contributed by atoms with Crippen LogP contribution in [0.1, 0.15) is 45.6 Å². The van der Waals surface area contributed by atoms with E-state index in [0.717, 1.165) is 45.8 Å². The van der Waals surface area contributed by atoms with Gasteiger partial charge in [0.2, 0.25) is 0 Å². The standard InChI is InChI=1S/C18H32N2O.2ClH/c1-4-7-14-21-15-8-13-19-16-17-9-11-18(12-10-17)20(5-2)6-3;;/h9-12,19H,4-8,13-16H2,1-3H3;2*1H. The first-order valence-corrected chi connectivity index (χ1v) is 8.44. The van der Waals surface area contributed by atoms with Gasteiger partial charge in [0, 0.05) is 38.5 Å². The number of rotatable bonds is 12. The Balaban J connectivity index is 0. The van der Waals surface area contributed by atoms with Gasteiger partial charge in [-0.2, -0.15) is 0 Å². The first-order valence-electron chi connectivity index (χ1n) is 8.44. The second-order valence-corrected chi connectivity index (χ2v) is 5.33. The van der Waals surface area contributed by atoms with E-state index in [1.165, 1.54) is 24.1 Å². The summed E-state index contributed by atoms with van der Waals surface area (Å²) in [6.45, 7) is 12.4. The lowest BCUT2D eigenvalue weighted by atomic mass is 10.2. The third-order valence-corrected chi connectivity index (χ3v) is 3.68. The Morgan fingerprint density at radius 1 is 0.913 bits per heavy atom. The predicted octanol–water partition coefficient (Wildman–Crippen LogP) is 4.67. The molecular weight excluding hydrogens is 331 g/mol. The maximum Gasteiger partial charge on any atom is 0.0478 e. The number of anilines is 1. The van der Waals surface area contributed by atoms with E-state index in [9.17, 15) is 0 Å². The topological polar surface area (TPSA) is 24.5 Å². The summed E-state index contributed by atoms with van der Waals surface area (Å²) in [7, 11) is 0. The molecule has 1 N–H and O–H groups in total. The Bertz CT molecular complexity index is 357. The molecule has 23 heavy (non-hydrogen) atoms. The van der Waals surface area contributed by atoms with E-state index in [-0.39, 0.29) is 24.8 Å². The summed E-state index contributed by atoms with van der Waals surface area (Å²) in [5, 5.41) is 3.48. The van der Waals surface area contributed by atoms with Crippen molar-refractivity contribution in [2.75, 3.05) is 37.7 Å². The van der Waals surface area contributed by atoms with Crippen molar-refractivity contribution in [2.45, 2.75) is 46.6 Å². The van der Waals surface area contributed by atoms with Gasteiger partial charge in [-0.3, -0.25) is 0 Å². The van der Waals surface area contributed by atoms with Crippen molar-refractivity contribution in [2.24, 2.45) is 0 Å². The molecule has 136 valence electrons. The molecule has 0 saturated carbocycles. The molecule has 0 unspecified atom stereocenters. The SMILES string of the molecule is CCCCOCCCNCc1ccc(N(CC)CC)cc1.Cl.Cl. The van der Waals surface area contributed by atoms with Crippen LogP contribution in [0.4, 0.5) is 5.69 Å². The lowest BCUT2D eigenvalue weighted by molar-refractivity contribution is 0.129. The zero-order chi connectivity index (χ0) is 15.3. The highest BCUT2D eigenvalue weighted by Crippen LogP contribution is 2.14. The Morgan fingerprint density at radius 2 is 1.52 bits per heavy atom. The summed E-state index contributed by atoms with van der Waals surface area (Å²) in [5.74, 6) is 0. The molecule has 5 heteroatoms. The Hall–Kier alpha value is -0.480. The average Bonchev–Trinajstić information content (AvgIpc) is 2.52. The summed E-state index contributed by atoms with van der Waals surface area (Å²) in [6, 6.07) is 8.88. The molecular formula is C18H34Cl2N2O. The molecule has 0 spiro atoms. The summed E-state index contributed by atoms with van der Waals surface area (Å²) < 4.78 is 5.55. The van der Waals surface area contributed by atoms with E-state index in [2.05, 4.69) is 55.3 Å². The summed E-state index contributed by atoms with van der Waals surface area (Å²) in [4.78, 5) is 2.37. The van der Waals surface area contributed by atoms with Crippen LogP contribution in [0.25, 0.3) is 0 Å². The van der Waals surface area contributed by atoms with Gasteiger partial charge in [0.1, 0.15) is 0 Å². The minimum absolute atomic E-state index is 0. The zero-order valence-corrected chi connectivity index (χ0v) is 16.5. The highest BCUT2D eigenvalue weighted by Gasteiger charge is 2.01. The van der Waals surface area contributed by atoms with Crippen molar-refractivity contribution in [3.8, 4) is 0 Å². The number of halogens is 2. The van der Waals surface area contributed by atoms with E-state index in [1.54, 1.807) is 0 Å². The minimum atomic E-state index is 0. The van der Waals surface area contributed by atoms with E-state index >= 15 is 0 Å². The largest absolute Gasteiger partial charge is 0.381 e. The second kappa shape index (κ2) is 16.4. The summed E-state index contributed by atoms with van der Waals surface area (Å²) in [6.07, 6.45) is 3.47. The molecule has 0 aliphatic carbocycles. The van der Waals surface area contributed by atoms with E-state index in [1.807, 2.05) is 0 Å². The van der Waals surface area contributed by atoms with Gasteiger partial charge in [-0.15, -0.1) is 24.8 Å². The quantitative estimate of drug-likeness (QED) is 0.545. The highest BCUT2D eigenvalue weighted by molar-refractivity contribution is 5.85. The molecule has 3 nitrogen and oxygen atoms in total. The molecule has 0 fully saturated rings. The van der Waals surface area contributed by atoms with Crippen LogP contribution in [0.15, 0.2) is 24.3 Å². The van der Waals surface area contributed by atoms with E-state index < -0.39 is 0 Å². The van der Waals surface area contributed by atoms with Crippen LogP contribution in [0.2, 0.25) is 0 Å². The molecule has 0 heterocycles. The van der Waals surface area contributed by atoms with Crippen LogP contribution in [-0.2, 0) is 11.3 Å². The summed E-state index contributed by atoms with van der Waals surface area (Å²) in [5.41, 5.74) is 2.66. The van der Waals surface area contributed by atoms with Crippen molar-refractivity contribution < 1.29 is 4.74 Å². The molecule has 0 aliphatic rings. The van der Waals surface area contributed by atoms with Crippen LogP contribution < -0.4 is 10.2 Å². The number of hydrogen-bond acceptors (Lipinski definition) is 3. The lowest BCUT2D eigenvalue weighted by Gasteiger charge is -2.21. The van der Waals surface area contributed by atoms with Gasteiger partial charge < -0.3 is 15.0 Å². The number of hydrogen-bond donors (Lipinski definition) is 1. The molecule has 0 aliphatic heterocycles. The molecule has 1 rings (SSSR count). The Kier molecular flexibility index (Phi) is 17.6. The van der Waals surface area contributed by atoms with Gasteiger partial charge in [-0.1, -0.05) is 25.5 Å². The number of nitrogens with one attached hydrogen (secondary N) is 1. The van der Waals surface area contributed by atoms with Crippen LogP contribution in [0.3, 0.4) is 0 Å². The molecule has 0 amide bonds. The van der Waals surface area contributed by atoms with Crippen molar-refractivity contribution >= 4 is 30.5 Å². The van der Waals surface area contributed by atoms with Gasteiger partial charge >= 0.3 is 0 Å². The van der Waals surface area contributed by atoms with Crippen molar-refractivity contribution in [1.82, 2.24) is 5.32 Å². The molecule has 0 atom stereocenters. The maximum absolute atomic E-state index is 5.55. The first-order chi connectivity index (χ1) is 10.3. The summed E-state index contributed by atoms with van der Waals surface area (Å²) >= 11 is 0. The monoisotopic (exact) mass is 364 g/mol. The highest BCUT2D eigenvalue weighted by atomic mass is 35.5. The van der Waals surface area contributed by atoms with Gasteiger partial charge in [0.25, 0.3) is 0 Å². The molecule has 0 saturated heterocycles. The molecule has 0 aromatic heterocycles. The lowest BCUT2D eigenvalue weighted by Crippen LogP contribution is -2.21. The third-order valence-electron chi connectivity index (χ3n) is 3.68. The minimum Gasteiger partial charge on any atom is -0.381 e. The fourth-order valence-corrected chi connectivity index (χ4v) is 2.29. The molecule has 1 aromatic carbocycles. The molecule has 0 bridgehead atoms. The zero-order valence-electron chi connectivity index (χ0n) is 14.8. The first kappa shape index (κ1) is 24.8. The number of benzene rings is 1. The molecule has 1 aromatic rings. The van der Waals surface area contributed by atoms with Gasteiger partial charge in [-0.05, 0) is 50.9 Å². The van der Waals surface area contributed by atoms with Crippen molar-refractivity contribution in [3.63, 3.8) is 0 Å². The van der Waals surface area contributed by atoms with E-state index in [0.29, 0.717) is 0 Å². The predicted molar refractivity (Wildman–Crippen MR) is 107 cm³/mol. The van der Waals surface area contributed by atoms with Gasteiger partial charge in [-0.25, -0.2) is 0 Å². The average molecular weight is 365 g/mol. The third kappa shape index (κ3) is 10.8. The Morgan fingerprint density at radius 3 is 2.09 bits per heavy atom. The van der Waals surface area contributed by atoms with Crippen LogP contribution >= 0.6 is 24.8 Å². The second-order valence-electron chi connectivity index (χ2n) is 5.33. The number of unbranched alkanes of at least 4 members (excludes halogenated alkanes) is 1. The van der Waals surface area contributed by atoms with Crippen molar-refractivity contribution in [1.29, 1.82) is 0 Å². The van der Waals surface area contributed by atoms with Crippen LogP contribution in [-0.4, -0.2) is 32.8 Å². The smallest absolute Gasteiger partial charge is 0.0478 e. The van der Waals surface area contributed by atoms with E-state index in [4.69, 9.17) is 4.74 Å². The van der Waals surface area contributed by atoms with Crippen LogP contribution in [0.5, 0.6) is 0 Å². The number of nitrogens with zero attached hydrogens (tertiary/aromatic N) is 1. The van der Waals surface area contributed by atoms with Crippen molar-refractivity contribution in [3.05, 3.63) is 29.8 Å². The van der Waals surface area contributed by atoms with Gasteiger partial charge in [0.15, 0.2) is 0 Å². The Labute approximate surface area is 155 Å². The van der Waals surface area contributed by atoms with Crippen LogP contribution in [0, 0.1) is 0 Å². The normalized spacial score (nSPS) is 9.87. The fraction of sp³-hybridized carbons (Fsp3) is 0.667. The maximum atomic E-state index is 5.55.